The quantitative estimate of drug-likeness (QED) is 0.532. The Balaban J connectivity index is 1.35. The SMILES string of the molecule is O=C(Nc1ccc(Oc2ccc(-n3cccn3)nn2)cc1)Nc1ccccc1F. The Kier molecular flexibility index (Phi) is 5.10. The van der Waals surface area contributed by atoms with Crippen molar-refractivity contribution < 1.29 is 13.9 Å². The molecule has 2 aromatic heterocycles. The van der Waals surface area contributed by atoms with Crippen molar-refractivity contribution in [3.63, 3.8) is 0 Å². The third-order valence-electron chi connectivity index (χ3n) is 3.82. The van der Waals surface area contributed by atoms with Gasteiger partial charge in [-0.2, -0.15) is 5.10 Å². The number of urea groups is 1. The van der Waals surface area contributed by atoms with Crippen LogP contribution in [0.3, 0.4) is 0 Å². The van der Waals surface area contributed by atoms with Crippen molar-refractivity contribution >= 4 is 17.4 Å². The van der Waals surface area contributed by atoms with E-state index in [0.717, 1.165) is 0 Å². The largest absolute Gasteiger partial charge is 0.438 e. The molecule has 2 amide bonds. The highest BCUT2D eigenvalue weighted by atomic mass is 19.1. The van der Waals surface area contributed by atoms with Crippen molar-refractivity contribution in [1.82, 2.24) is 20.0 Å². The van der Waals surface area contributed by atoms with Crippen LogP contribution in [0.15, 0.2) is 79.1 Å². The van der Waals surface area contributed by atoms with E-state index >= 15 is 0 Å². The summed E-state index contributed by atoms with van der Waals surface area (Å²) >= 11 is 0. The fraction of sp³-hybridized carbons (Fsp3) is 0. The highest BCUT2D eigenvalue weighted by molar-refractivity contribution is 5.99. The second kappa shape index (κ2) is 8.17. The van der Waals surface area contributed by atoms with E-state index in [1.807, 2.05) is 0 Å². The van der Waals surface area contributed by atoms with E-state index in [1.54, 1.807) is 71.7 Å². The maximum absolute atomic E-state index is 13.6. The van der Waals surface area contributed by atoms with Crippen LogP contribution >= 0.6 is 0 Å². The number of hydrogen-bond acceptors (Lipinski definition) is 5. The minimum absolute atomic E-state index is 0.0992. The first kappa shape index (κ1) is 18.1. The first-order valence-corrected chi connectivity index (χ1v) is 8.61. The Morgan fingerprint density at radius 2 is 1.76 bits per heavy atom. The van der Waals surface area contributed by atoms with Crippen LogP contribution < -0.4 is 15.4 Å². The lowest BCUT2D eigenvalue weighted by Gasteiger charge is -2.09. The molecule has 4 aromatic rings. The van der Waals surface area contributed by atoms with E-state index in [4.69, 9.17) is 4.74 Å². The van der Waals surface area contributed by atoms with Crippen molar-refractivity contribution in [3.8, 4) is 17.4 Å². The molecule has 2 N–H and O–H groups in total. The Labute approximate surface area is 165 Å². The van der Waals surface area contributed by atoms with Gasteiger partial charge in [0.15, 0.2) is 5.82 Å². The molecule has 0 bridgehead atoms. The molecule has 8 nitrogen and oxygen atoms in total. The van der Waals surface area contributed by atoms with Gasteiger partial charge in [-0.1, -0.05) is 12.1 Å². The molecule has 2 heterocycles. The van der Waals surface area contributed by atoms with Crippen LogP contribution in [0.2, 0.25) is 0 Å². The molecule has 0 unspecified atom stereocenters. The molecular formula is C20H15FN6O2. The Morgan fingerprint density at radius 3 is 2.45 bits per heavy atom. The first-order chi connectivity index (χ1) is 14.2. The normalized spacial score (nSPS) is 10.4. The van der Waals surface area contributed by atoms with E-state index in [9.17, 15) is 9.18 Å². The van der Waals surface area contributed by atoms with Crippen molar-refractivity contribution in [2.75, 3.05) is 10.6 Å². The van der Waals surface area contributed by atoms with Crippen LogP contribution in [0.5, 0.6) is 11.6 Å². The summed E-state index contributed by atoms with van der Waals surface area (Å²) in [6.45, 7) is 0. The standard InChI is InChI=1S/C20H15FN6O2/c21-16-4-1-2-5-17(16)24-20(28)23-14-6-8-15(9-7-14)29-19-11-10-18(25-26-19)27-13-3-12-22-27/h1-13H,(H2,23,24,28). The highest BCUT2D eigenvalue weighted by Gasteiger charge is 2.07. The zero-order valence-corrected chi connectivity index (χ0v) is 15.0. The smallest absolute Gasteiger partial charge is 0.323 e. The van der Waals surface area contributed by atoms with Crippen LogP contribution in [0.25, 0.3) is 5.82 Å². The average molecular weight is 390 g/mol. The number of rotatable bonds is 5. The minimum atomic E-state index is -0.552. The number of halogens is 1. The molecule has 0 saturated heterocycles. The Hall–Kier alpha value is -4.27. The van der Waals surface area contributed by atoms with E-state index in [2.05, 4.69) is 25.9 Å². The fourth-order valence-corrected chi connectivity index (χ4v) is 2.47. The molecule has 0 atom stereocenters. The average Bonchev–Trinajstić information content (AvgIpc) is 3.27. The second-order valence-corrected chi connectivity index (χ2v) is 5.87. The molecule has 29 heavy (non-hydrogen) atoms. The van der Waals surface area contributed by atoms with Gasteiger partial charge in [0.2, 0.25) is 5.88 Å². The number of amides is 2. The van der Waals surface area contributed by atoms with Crippen LogP contribution in [0.1, 0.15) is 0 Å². The maximum Gasteiger partial charge on any atom is 0.323 e. The van der Waals surface area contributed by atoms with Crippen molar-refractivity contribution in [1.29, 1.82) is 0 Å². The molecule has 4 rings (SSSR count). The molecule has 144 valence electrons. The Morgan fingerprint density at radius 1 is 0.931 bits per heavy atom. The fourth-order valence-electron chi connectivity index (χ4n) is 2.47. The van der Waals surface area contributed by atoms with Gasteiger partial charge in [-0.25, -0.2) is 13.9 Å². The van der Waals surface area contributed by atoms with Gasteiger partial charge in [0.25, 0.3) is 0 Å². The summed E-state index contributed by atoms with van der Waals surface area (Å²) in [5, 5.41) is 17.2. The van der Waals surface area contributed by atoms with Crippen LogP contribution in [-0.2, 0) is 0 Å². The summed E-state index contributed by atoms with van der Waals surface area (Å²) < 4.78 is 20.8. The predicted octanol–water partition coefficient (Wildman–Crippen LogP) is 4.24. The lowest BCUT2D eigenvalue weighted by atomic mass is 10.3. The van der Waals surface area contributed by atoms with Gasteiger partial charge in [0.05, 0.1) is 5.69 Å². The van der Waals surface area contributed by atoms with Gasteiger partial charge in [0.1, 0.15) is 11.6 Å². The van der Waals surface area contributed by atoms with Gasteiger partial charge in [-0.05, 0) is 48.5 Å². The topological polar surface area (TPSA) is 94.0 Å². The molecule has 9 heteroatoms. The highest BCUT2D eigenvalue weighted by Crippen LogP contribution is 2.22. The third kappa shape index (κ3) is 4.53. The molecule has 2 aromatic carbocycles. The number of nitrogens with zero attached hydrogens (tertiary/aromatic N) is 4. The monoisotopic (exact) mass is 390 g/mol. The number of nitrogens with one attached hydrogen (secondary N) is 2. The van der Waals surface area contributed by atoms with Crippen molar-refractivity contribution in [3.05, 3.63) is 84.9 Å². The lowest BCUT2D eigenvalue weighted by Crippen LogP contribution is -2.20. The van der Waals surface area contributed by atoms with E-state index in [-0.39, 0.29) is 5.69 Å². The first-order valence-electron chi connectivity index (χ1n) is 8.61. The molecule has 0 aliphatic heterocycles. The van der Waals surface area contributed by atoms with Crippen LogP contribution in [0.4, 0.5) is 20.6 Å². The van der Waals surface area contributed by atoms with E-state index in [1.165, 1.54) is 12.1 Å². The van der Waals surface area contributed by atoms with Gasteiger partial charge >= 0.3 is 6.03 Å². The number of benzene rings is 2. The zero-order valence-electron chi connectivity index (χ0n) is 15.0. The predicted molar refractivity (Wildman–Crippen MR) is 105 cm³/mol. The molecule has 0 saturated carbocycles. The van der Waals surface area contributed by atoms with Gasteiger partial charge in [-0.3, -0.25) is 0 Å². The molecule has 0 fully saturated rings. The molecule has 0 radical (unpaired) electrons. The number of carbonyl (C=O) groups excluding carboxylic acids is 1. The van der Waals surface area contributed by atoms with Crippen molar-refractivity contribution in [2.24, 2.45) is 0 Å². The minimum Gasteiger partial charge on any atom is -0.438 e. The summed E-state index contributed by atoms with van der Waals surface area (Å²) in [7, 11) is 0. The maximum atomic E-state index is 13.6. The Bertz CT molecular complexity index is 1100. The number of hydrogen-bond donors (Lipinski definition) is 2. The summed E-state index contributed by atoms with van der Waals surface area (Å²) in [5.74, 6) is 0.902. The van der Waals surface area contributed by atoms with Gasteiger partial charge in [-0.15, -0.1) is 10.2 Å². The molecule has 0 aliphatic rings. The van der Waals surface area contributed by atoms with Crippen LogP contribution in [-0.4, -0.2) is 26.0 Å². The molecule has 0 aliphatic carbocycles. The summed E-state index contributed by atoms with van der Waals surface area (Å²) in [5.41, 5.74) is 0.619. The lowest BCUT2D eigenvalue weighted by molar-refractivity contribution is 0.262. The zero-order chi connectivity index (χ0) is 20.1. The van der Waals surface area contributed by atoms with E-state index < -0.39 is 11.8 Å². The number of anilines is 2. The number of para-hydroxylation sites is 1. The number of carbonyl (C=O) groups is 1. The summed E-state index contributed by atoms with van der Waals surface area (Å²) in [6.07, 6.45) is 3.41. The van der Waals surface area contributed by atoms with Gasteiger partial charge in [0, 0.05) is 24.1 Å². The van der Waals surface area contributed by atoms with Crippen molar-refractivity contribution in [2.45, 2.75) is 0 Å². The number of ether oxygens (including phenoxy) is 1. The molecule has 0 spiro atoms. The van der Waals surface area contributed by atoms with Crippen LogP contribution in [0, 0.1) is 5.82 Å². The summed E-state index contributed by atoms with van der Waals surface area (Å²) in [6, 6.07) is 17.2. The van der Waals surface area contributed by atoms with E-state index in [0.29, 0.717) is 23.1 Å². The number of aromatic nitrogens is 4. The van der Waals surface area contributed by atoms with Gasteiger partial charge < -0.3 is 15.4 Å². The summed E-state index contributed by atoms with van der Waals surface area (Å²) in [4.78, 5) is 12.0. The third-order valence-corrected chi connectivity index (χ3v) is 3.82. The molecular weight excluding hydrogens is 375 g/mol. The second-order valence-electron chi connectivity index (χ2n) is 5.87.